The average molecular weight is 785 g/mol. The Balaban J connectivity index is 2.32. The van der Waals surface area contributed by atoms with Crippen molar-refractivity contribution >= 4 is 41.7 Å². The van der Waals surface area contributed by atoms with Gasteiger partial charge < -0.3 is 39.1 Å². The van der Waals surface area contributed by atoms with Crippen LogP contribution in [0.15, 0.2) is 60.7 Å². The molecule has 0 fully saturated rings. The fraction of sp³-hybridized carbons (Fsp3) is 0.537. The van der Waals surface area contributed by atoms with Crippen molar-refractivity contribution in [2.75, 3.05) is 46.1 Å². The monoisotopic (exact) mass is 784 g/mol. The molecule has 0 radical (unpaired) electrons. The zero-order valence-corrected chi connectivity index (χ0v) is 33.7. The van der Waals surface area contributed by atoms with Gasteiger partial charge in [0.25, 0.3) is 0 Å². The van der Waals surface area contributed by atoms with Crippen LogP contribution in [0.2, 0.25) is 0 Å². The molecule has 308 valence electrons. The number of esters is 5. The molecule has 0 aliphatic carbocycles. The summed E-state index contributed by atoms with van der Waals surface area (Å²) in [5, 5.41) is 5.18. The number of amides is 2. The number of benzene rings is 2. The minimum atomic E-state index is -1.81. The minimum Gasteiger partial charge on any atom is -0.464 e. The Bertz CT molecular complexity index is 1550. The topological polar surface area (TPSA) is 199 Å². The number of carbonyl (C=O) groups is 7. The molecule has 0 heterocycles. The van der Waals surface area contributed by atoms with E-state index in [-0.39, 0.29) is 32.1 Å². The van der Waals surface area contributed by atoms with E-state index in [2.05, 4.69) is 10.6 Å². The van der Waals surface area contributed by atoms with Gasteiger partial charge in [-0.15, -0.1) is 0 Å². The van der Waals surface area contributed by atoms with Gasteiger partial charge in [0.2, 0.25) is 11.8 Å². The normalized spacial score (nSPS) is 11.8. The van der Waals surface area contributed by atoms with Crippen LogP contribution in [0.3, 0.4) is 0 Å². The van der Waals surface area contributed by atoms with Crippen LogP contribution in [0, 0.1) is 21.7 Å². The van der Waals surface area contributed by atoms with Crippen LogP contribution in [0.25, 0.3) is 0 Å². The predicted octanol–water partition coefficient (Wildman–Crippen LogP) is 3.85. The van der Waals surface area contributed by atoms with Crippen LogP contribution in [-0.4, -0.2) is 87.8 Å². The van der Waals surface area contributed by atoms with E-state index in [1.807, 2.05) is 0 Å². The molecule has 0 spiro atoms. The van der Waals surface area contributed by atoms with Gasteiger partial charge in [0.15, 0.2) is 10.8 Å². The van der Waals surface area contributed by atoms with Crippen LogP contribution in [0.1, 0.15) is 72.9 Å². The summed E-state index contributed by atoms with van der Waals surface area (Å²) in [6.07, 6.45) is 0.0330. The summed E-state index contributed by atoms with van der Waals surface area (Å²) in [6, 6.07) is 17.7. The Morgan fingerprint density at radius 1 is 0.518 bits per heavy atom. The molecule has 0 unspecified atom stereocenters. The Labute approximate surface area is 328 Å². The molecule has 0 saturated carbocycles. The molecular weight excluding hydrogens is 728 g/mol. The summed E-state index contributed by atoms with van der Waals surface area (Å²) in [7, 11) is 0. The summed E-state index contributed by atoms with van der Waals surface area (Å²) in [5.41, 5.74) is -4.86. The molecule has 2 aromatic rings. The molecule has 0 atom stereocenters. The van der Waals surface area contributed by atoms with Crippen molar-refractivity contribution in [3.8, 4) is 0 Å². The van der Waals surface area contributed by atoms with Gasteiger partial charge in [-0.25, -0.2) is 0 Å². The van der Waals surface area contributed by atoms with Crippen molar-refractivity contribution in [1.82, 2.24) is 10.6 Å². The number of ether oxygens (including phenoxy) is 6. The number of rotatable bonds is 22. The van der Waals surface area contributed by atoms with Crippen LogP contribution in [0.4, 0.5) is 0 Å². The van der Waals surface area contributed by atoms with Crippen molar-refractivity contribution in [2.45, 2.75) is 75.0 Å². The van der Waals surface area contributed by atoms with E-state index >= 15 is 0 Å². The lowest BCUT2D eigenvalue weighted by Crippen LogP contribution is -2.48. The van der Waals surface area contributed by atoms with Crippen LogP contribution >= 0.6 is 0 Å². The lowest BCUT2D eigenvalue weighted by atomic mass is 9.90. The van der Waals surface area contributed by atoms with Gasteiger partial charge in [-0.1, -0.05) is 60.7 Å². The second kappa shape index (κ2) is 21.7. The van der Waals surface area contributed by atoms with Gasteiger partial charge in [-0.05, 0) is 66.5 Å². The Hall–Kier alpha value is -5.31. The maximum absolute atomic E-state index is 13.5. The number of carbonyl (C=O) groups excluding carboxylic acids is 7. The van der Waals surface area contributed by atoms with Crippen molar-refractivity contribution in [3.63, 3.8) is 0 Å². The van der Waals surface area contributed by atoms with E-state index in [1.165, 1.54) is 27.7 Å². The van der Waals surface area contributed by atoms with Gasteiger partial charge in [0.05, 0.1) is 17.4 Å². The molecular formula is C41H56N2O13. The zero-order chi connectivity index (χ0) is 42.0. The number of hydrogen-bond donors (Lipinski definition) is 2. The highest BCUT2D eigenvalue weighted by atomic mass is 16.6. The molecule has 2 aromatic carbocycles. The van der Waals surface area contributed by atoms with Crippen molar-refractivity contribution < 1.29 is 62.0 Å². The zero-order valence-electron chi connectivity index (χ0n) is 33.7. The average Bonchev–Trinajstić information content (AvgIpc) is 3.16. The van der Waals surface area contributed by atoms with Crippen LogP contribution < -0.4 is 10.6 Å². The van der Waals surface area contributed by atoms with Gasteiger partial charge in [-0.3, -0.25) is 33.6 Å². The van der Waals surface area contributed by atoms with Crippen molar-refractivity contribution in [2.24, 2.45) is 21.7 Å². The number of hydrogen-bond acceptors (Lipinski definition) is 13. The summed E-state index contributed by atoms with van der Waals surface area (Å²) in [5.74, 6) is -5.28. The number of nitrogens with one attached hydrogen (secondary N) is 2. The molecule has 0 aromatic heterocycles. The van der Waals surface area contributed by atoms with E-state index in [0.717, 1.165) is 0 Å². The molecule has 2 amide bonds. The van der Waals surface area contributed by atoms with Gasteiger partial charge >= 0.3 is 29.8 Å². The smallest absolute Gasteiger partial charge is 0.323 e. The molecule has 0 bridgehead atoms. The Kier molecular flexibility index (Phi) is 18.1. The molecule has 0 aliphatic heterocycles. The van der Waals surface area contributed by atoms with Crippen LogP contribution in [0.5, 0.6) is 0 Å². The second-order valence-corrected chi connectivity index (χ2v) is 15.4. The predicted molar refractivity (Wildman–Crippen MR) is 202 cm³/mol. The summed E-state index contributed by atoms with van der Waals surface area (Å²) >= 11 is 0. The minimum absolute atomic E-state index is 0.0303. The summed E-state index contributed by atoms with van der Waals surface area (Å²) < 4.78 is 33.4. The van der Waals surface area contributed by atoms with Gasteiger partial charge in [0, 0.05) is 19.5 Å². The van der Waals surface area contributed by atoms with Crippen molar-refractivity contribution in [3.05, 3.63) is 71.8 Å². The molecule has 0 saturated heterocycles. The van der Waals surface area contributed by atoms with E-state index < -0.39 is 90.4 Å². The highest BCUT2D eigenvalue weighted by Crippen LogP contribution is 2.29. The Morgan fingerprint density at radius 3 is 1.34 bits per heavy atom. The second-order valence-electron chi connectivity index (χ2n) is 15.4. The maximum Gasteiger partial charge on any atom is 0.323 e. The third-order valence-electron chi connectivity index (χ3n) is 8.30. The van der Waals surface area contributed by atoms with E-state index in [0.29, 0.717) is 17.7 Å². The summed E-state index contributed by atoms with van der Waals surface area (Å²) in [4.78, 5) is 90.5. The highest BCUT2D eigenvalue weighted by Gasteiger charge is 2.45. The van der Waals surface area contributed by atoms with Gasteiger partial charge in [0.1, 0.15) is 39.6 Å². The fourth-order valence-corrected chi connectivity index (χ4v) is 4.47. The molecule has 56 heavy (non-hydrogen) atoms. The summed E-state index contributed by atoms with van der Waals surface area (Å²) in [6.45, 7) is 9.32. The lowest BCUT2D eigenvalue weighted by Gasteiger charge is -2.34. The SMILES string of the molecule is CCNC(=O)CCNC(=O)COCC(COC(=O)C(C)(C)C)(COC(=O)C(C)(C)C(=O)OCc1ccccc1)COC(=O)C(C)(C)C(=O)OCc1ccccc1. The quantitative estimate of drug-likeness (QED) is 0.0993. The first kappa shape index (κ1) is 46.8. The van der Waals surface area contributed by atoms with E-state index in [9.17, 15) is 33.6 Å². The third-order valence-corrected chi connectivity index (χ3v) is 8.30. The lowest BCUT2D eigenvalue weighted by molar-refractivity contribution is -0.183. The largest absolute Gasteiger partial charge is 0.464 e. The fourth-order valence-electron chi connectivity index (χ4n) is 4.47. The molecule has 0 aliphatic rings. The van der Waals surface area contributed by atoms with Gasteiger partial charge in [-0.2, -0.15) is 0 Å². The first-order chi connectivity index (χ1) is 26.2. The third kappa shape index (κ3) is 15.4. The van der Waals surface area contributed by atoms with Crippen LogP contribution in [-0.2, 0) is 75.2 Å². The van der Waals surface area contributed by atoms with E-state index in [4.69, 9.17) is 28.4 Å². The van der Waals surface area contributed by atoms with E-state index in [1.54, 1.807) is 88.4 Å². The molecule has 2 N–H and O–H groups in total. The first-order valence-corrected chi connectivity index (χ1v) is 18.3. The maximum atomic E-state index is 13.5. The first-order valence-electron chi connectivity index (χ1n) is 18.3. The highest BCUT2D eigenvalue weighted by molar-refractivity contribution is 5.99. The molecule has 15 heteroatoms. The Morgan fingerprint density at radius 2 is 0.929 bits per heavy atom. The molecule has 15 nitrogen and oxygen atoms in total. The standard InChI is InChI=1S/C41H56N2O13/c1-9-42-31(44)20-21-43-32(45)24-51-25-41(26-54-33(46)38(2,3)4,27-55-36(49)39(5,6)34(47)52-22-29-16-12-10-13-17-29)28-56-37(50)40(7,8)35(48)53-23-30-18-14-11-15-19-30/h10-19H,9,20-28H2,1-8H3,(H,42,44)(H,43,45). The van der Waals surface area contributed by atoms with Crippen molar-refractivity contribution in [1.29, 1.82) is 0 Å². The molecule has 2 rings (SSSR count).